The smallest absolute Gasteiger partial charge is 0.225 e. The van der Waals surface area contributed by atoms with Gasteiger partial charge in [0.2, 0.25) is 5.91 Å². The molecular weight excluding hydrogens is 392 g/mol. The molecule has 2 aromatic rings. The summed E-state index contributed by atoms with van der Waals surface area (Å²) in [7, 11) is 5.67. The highest BCUT2D eigenvalue weighted by molar-refractivity contribution is 5.79. The van der Waals surface area contributed by atoms with Crippen molar-refractivity contribution < 1.29 is 9.53 Å². The minimum atomic E-state index is 0.108. The number of hydrogen-bond acceptors (Lipinski definition) is 7. The van der Waals surface area contributed by atoms with E-state index in [1.807, 2.05) is 37.3 Å². The topological polar surface area (TPSA) is 65.0 Å². The van der Waals surface area contributed by atoms with E-state index < -0.39 is 0 Å². The molecule has 166 valence electrons. The number of methoxy groups -OCH3 is 1. The fraction of sp³-hybridized carbons (Fsp3) is 0.522. The quantitative estimate of drug-likeness (QED) is 0.728. The number of carbonyl (C=O) groups is 1. The normalized spacial score (nSPS) is 17.6. The van der Waals surface area contributed by atoms with Crippen molar-refractivity contribution in [3.63, 3.8) is 0 Å². The fourth-order valence-electron chi connectivity index (χ4n) is 4.49. The summed E-state index contributed by atoms with van der Waals surface area (Å²) in [4.78, 5) is 30.5. The van der Waals surface area contributed by atoms with E-state index in [0.29, 0.717) is 5.91 Å². The molecule has 1 aromatic carbocycles. The Morgan fingerprint density at radius 3 is 2.29 bits per heavy atom. The summed E-state index contributed by atoms with van der Waals surface area (Å²) in [5.41, 5.74) is 2.23. The van der Waals surface area contributed by atoms with E-state index in [2.05, 4.69) is 36.8 Å². The van der Waals surface area contributed by atoms with Crippen LogP contribution in [0.15, 0.2) is 36.8 Å². The third-order valence-corrected chi connectivity index (χ3v) is 6.31. The first-order valence-electron chi connectivity index (χ1n) is 11.0. The zero-order valence-electron chi connectivity index (χ0n) is 18.7. The first-order valence-corrected chi connectivity index (χ1v) is 11.0. The van der Waals surface area contributed by atoms with Gasteiger partial charge < -0.3 is 24.3 Å². The zero-order chi connectivity index (χ0) is 21.8. The van der Waals surface area contributed by atoms with Crippen molar-refractivity contribution in [2.75, 3.05) is 75.2 Å². The molecule has 2 aliphatic rings. The molecule has 0 saturated carbocycles. The number of benzene rings is 1. The van der Waals surface area contributed by atoms with Crippen molar-refractivity contribution in [3.05, 3.63) is 36.8 Å². The van der Waals surface area contributed by atoms with Crippen molar-refractivity contribution in [1.29, 1.82) is 0 Å². The van der Waals surface area contributed by atoms with E-state index in [4.69, 9.17) is 4.74 Å². The van der Waals surface area contributed by atoms with E-state index in [9.17, 15) is 4.79 Å². The van der Waals surface area contributed by atoms with Crippen molar-refractivity contribution in [2.24, 2.45) is 5.92 Å². The van der Waals surface area contributed by atoms with Crippen molar-refractivity contribution in [3.8, 4) is 5.75 Å². The number of amides is 1. The highest BCUT2D eigenvalue weighted by Crippen LogP contribution is 2.30. The van der Waals surface area contributed by atoms with Crippen LogP contribution in [0.5, 0.6) is 5.75 Å². The van der Waals surface area contributed by atoms with Crippen LogP contribution in [-0.4, -0.2) is 81.2 Å². The van der Waals surface area contributed by atoms with Gasteiger partial charge in [0.1, 0.15) is 12.1 Å². The number of rotatable bonds is 5. The van der Waals surface area contributed by atoms with Gasteiger partial charge in [0.15, 0.2) is 5.82 Å². The summed E-state index contributed by atoms with van der Waals surface area (Å²) in [5.74, 6) is 2.21. The molecule has 1 aromatic heterocycles. The number of piperidine rings is 1. The standard InChI is InChI=1S/C23H32N6O2/c1-26(2)22-21(16-24-17-25-22)28-10-8-18(9-11-28)23(30)29-14-12-27(13-15-29)19-4-6-20(31-3)7-5-19/h4-7,16-18H,8-15H2,1-3H3. The number of carbonyl (C=O) groups excluding carboxylic acids is 1. The molecule has 0 aliphatic carbocycles. The third-order valence-electron chi connectivity index (χ3n) is 6.31. The molecule has 0 unspecified atom stereocenters. The molecule has 3 heterocycles. The Labute approximate surface area is 184 Å². The molecule has 8 heteroatoms. The van der Waals surface area contributed by atoms with Crippen LogP contribution in [0.2, 0.25) is 0 Å². The lowest BCUT2D eigenvalue weighted by Crippen LogP contribution is -2.51. The van der Waals surface area contributed by atoms with Crippen LogP contribution in [0, 0.1) is 5.92 Å². The number of hydrogen-bond donors (Lipinski definition) is 0. The van der Waals surface area contributed by atoms with E-state index in [-0.39, 0.29) is 5.92 Å². The number of anilines is 3. The lowest BCUT2D eigenvalue weighted by atomic mass is 9.94. The van der Waals surface area contributed by atoms with Gasteiger partial charge in [-0.3, -0.25) is 4.79 Å². The van der Waals surface area contributed by atoms with Crippen LogP contribution in [0.1, 0.15) is 12.8 Å². The molecule has 2 fully saturated rings. The van der Waals surface area contributed by atoms with Crippen molar-refractivity contribution in [1.82, 2.24) is 14.9 Å². The highest BCUT2D eigenvalue weighted by atomic mass is 16.5. The predicted octanol–water partition coefficient (Wildman–Crippen LogP) is 2.12. The van der Waals surface area contributed by atoms with Crippen molar-refractivity contribution >= 4 is 23.1 Å². The SMILES string of the molecule is COc1ccc(N2CCN(C(=O)C3CCN(c4cncnc4N(C)C)CC3)CC2)cc1. The lowest BCUT2D eigenvalue weighted by Gasteiger charge is -2.40. The van der Waals surface area contributed by atoms with Gasteiger partial charge in [-0.05, 0) is 37.1 Å². The molecule has 2 saturated heterocycles. The van der Waals surface area contributed by atoms with Gasteiger partial charge in [-0.15, -0.1) is 0 Å². The molecule has 0 radical (unpaired) electrons. The van der Waals surface area contributed by atoms with Crippen LogP contribution in [-0.2, 0) is 4.79 Å². The molecule has 8 nitrogen and oxygen atoms in total. The second-order valence-corrected chi connectivity index (χ2v) is 8.40. The Bertz CT molecular complexity index is 872. The Kier molecular flexibility index (Phi) is 6.44. The monoisotopic (exact) mass is 424 g/mol. The number of piperazine rings is 1. The van der Waals surface area contributed by atoms with Crippen LogP contribution in [0.25, 0.3) is 0 Å². The van der Waals surface area contributed by atoms with Gasteiger partial charge in [0.25, 0.3) is 0 Å². The first-order chi connectivity index (χ1) is 15.1. The minimum absolute atomic E-state index is 0.108. The summed E-state index contributed by atoms with van der Waals surface area (Å²) in [6, 6.07) is 8.14. The Balaban J connectivity index is 1.29. The Morgan fingerprint density at radius 1 is 1.00 bits per heavy atom. The van der Waals surface area contributed by atoms with E-state index in [0.717, 1.165) is 69.4 Å². The summed E-state index contributed by atoms with van der Waals surface area (Å²) in [6.07, 6.45) is 5.21. The Hall–Kier alpha value is -3.03. The lowest BCUT2D eigenvalue weighted by molar-refractivity contribution is -0.136. The number of nitrogens with zero attached hydrogens (tertiary/aromatic N) is 6. The largest absolute Gasteiger partial charge is 0.497 e. The summed E-state index contributed by atoms with van der Waals surface area (Å²) < 4.78 is 5.24. The predicted molar refractivity (Wildman–Crippen MR) is 123 cm³/mol. The van der Waals surface area contributed by atoms with Gasteiger partial charge in [-0.2, -0.15) is 0 Å². The van der Waals surface area contributed by atoms with Crippen molar-refractivity contribution in [2.45, 2.75) is 12.8 Å². The summed E-state index contributed by atoms with van der Waals surface area (Å²) >= 11 is 0. The molecule has 2 aliphatic heterocycles. The second-order valence-electron chi connectivity index (χ2n) is 8.40. The average molecular weight is 425 g/mol. The fourth-order valence-corrected chi connectivity index (χ4v) is 4.49. The second kappa shape index (κ2) is 9.41. The molecule has 0 spiro atoms. The van der Waals surface area contributed by atoms with Gasteiger partial charge in [-0.1, -0.05) is 0 Å². The molecule has 1 amide bonds. The molecule has 0 atom stereocenters. The average Bonchev–Trinajstić information content (AvgIpc) is 2.84. The summed E-state index contributed by atoms with van der Waals surface area (Å²) in [6.45, 7) is 5.01. The van der Waals surface area contributed by atoms with Gasteiger partial charge in [0, 0.05) is 65.0 Å². The molecular formula is C23H32N6O2. The Morgan fingerprint density at radius 2 is 1.68 bits per heavy atom. The maximum absolute atomic E-state index is 13.1. The van der Waals surface area contributed by atoms with Crippen LogP contribution in [0.4, 0.5) is 17.2 Å². The van der Waals surface area contributed by atoms with E-state index >= 15 is 0 Å². The van der Waals surface area contributed by atoms with E-state index in [1.165, 1.54) is 5.69 Å². The van der Waals surface area contributed by atoms with Gasteiger partial charge in [0.05, 0.1) is 19.0 Å². The third kappa shape index (κ3) is 4.68. The highest BCUT2D eigenvalue weighted by Gasteiger charge is 2.31. The number of aromatic nitrogens is 2. The summed E-state index contributed by atoms with van der Waals surface area (Å²) in [5, 5.41) is 0. The van der Waals surface area contributed by atoms with Gasteiger partial charge >= 0.3 is 0 Å². The molecule has 31 heavy (non-hydrogen) atoms. The number of ether oxygens (including phenoxy) is 1. The maximum Gasteiger partial charge on any atom is 0.225 e. The van der Waals surface area contributed by atoms with E-state index in [1.54, 1.807) is 13.4 Å². The molecule has 4 rings (SSSR count). The minimum Gasteiger partial charge on any atom is -0.497 e. The van der Waals surface area contributed by atoms with Crippen LogP contribution >= 0.6 is 0 Å². The van der Waals surface area contributed by atoms with Crippen LogP contribution in [0.3, 0.4) is 0 Å². The van der Waals surface area contributed by atoms with Gasteiger partial charge in [-0.25, -0.2) is 9.97 Å². The van der Waals surface area contributed by atoms with Crippen LogP contribution < -0.4 is 19.4 Å². The zero-order valence-corrected chi connectivity index (χ0v) is 18.7. The molecule has 0 N–H and O–H groups in total. The first kappa shape index (κ1) is 21.2. The maximum atomic E-state index is 13.1. The molecule has 0 bridgehead atoms.